The lowest BCUT2D eigenvalue weighted by molar-refractivity contribution is -0.266. The monoisotopic (exact) mass is 540 g/mol. The van der Waals surface area contributed by atoms with Crippen LogP contribution >= 0.6 is 0 Å². The van der Waals surface area contributed by atoms with Crippen molar-refractivity contribution >= 4 is 22.5 Å². The van der Waals surface area contributed by atoms with Crippen molar-refractivity contribution in [2.75, 3.05) is 18.0 Å². The van der Waals surface area contributed by atoms with Gasteiger partial charge in [-0.3, -0.25) is 4.79 Å². The molecule has 1 aliphatic rings. The minimum Gasteiger partial charge on any atom is -0.380 e. The first-order valence-electron chi connectivity index (χ1n) is 11.4. The number of aromatic amines is 2. The molecule has 38 heavy (non-hydrogen) atoms. The van der Waals surface area contributed by atoms with E-state index in [1.807, 2.05) is 0 Å². The molecule has 6 nitrogen and oxygen atoms in total. The second-order valence-electron chi connectivity index (χ2n) is 9.10. The van der Waals surface area contributed by atoms with Gasteiger partial charge in [0, 0.05) is 48.9 Å². The van der Waals surface area contributed by atoms with E-state index >= 15 is 0 Å². The van der Waals surface area contributed by atoms with Gasteiger partial charge >= 0.3 is 12.4 Å². The summed E-state index contributed by atoms with van der Waals surface area (Å²) >= 11 is 0. The number of imidazole rings is 1. The molecule has 0 radical (unpaired) electrons. The molecule has 5 rings (SSSR count). The summed E-state index contributed by atoms with van der Waals surface area (Å²) in [6.07, 6.45) is -9.41. The molecule has 0 aliphatic carbocycles. The summed E-state index contributed by atoms with van der Waals surface area (Å²) < 4.78 is 94.2. The molecular formula is C25H19F7N4O2. The molecular weight excluding hydrogens is 521 g/mol. The lowest BCUT2D eigenvalue weighted by atomic mass is 9.90. The average molecular weight is 540 g/mol. The predicted molar refractivity (Wildman–Crippen MR) is 123 cm³/mol. The molecule has 0 unspecified atom stereocenters. The number of H-pyrrole nitrogens is 2. The van der Waals surface area contributed by atoms with Crippen molar-refractivity contribution < 1.29 is 40.6 Å². The molecule has 0 spiro atoms. The van der Waals surface area contributed by atoms with Gasteiger partial charge in [-0.2, -0.15) is 26.3 Å². The fourth-order valence-electron chi connectivity index (χ4n) is 4.54. The van der Waals surface area contributed by atoms with Crippen LogP contribution in [0.15, 0.2) is 48.7 Å². The number of carbonyl (C=O) groups excluding carboxylic acids is 1. The number of aliphatic hydroxyl groups is 1. The van der Waals surface area contributed by atoms with Gasteiger partial charge in [0.25, 0.3) is 0 Å². The predicted octanol–water partition coefficient (Wildman–Crippen LogP) is 5.84. The largest absolute Gasteiger partial charge is 0.417 e. The Bertz CT molecular complexity index is 1510. The van der Waals surface area contributed by atoms with E-state index in [4.69, 9.17) is 0 Å². The highest BCUT2D eigenvalue weighted by molar-refractivity contribution is 6.10. The highest BCUT2D eigenvalue weighted by Crippen LogP contribution is 2.40. The zero-order valence-corrected chi connectivity index (χ0v) is 19.3. The molecule has 2 aromatic heterocycles. The first-order valence-corrected chi connectivity index (χ1v) is 11.4. The average Bonchev–Trinajstić information content (AvgIpc) is 3.51. The zero-order chi connectivity index (χ0) is 27.5. The normalized spacial score (nSPS) is 16.3. The summed E-state index contributed by atoms with van der Waals surface area (Å²) in [7, 11) is 0. The molecule has 0 bridgehead atoms. The number of benzene rings is 2. The maximum atomic E-state index is 14.9. The van der Waals surface area contributed by atoms with E-state index in [0.29, 0.717) is 5.69 Å². The molecule has 0 amide bonds. The van der Waals surface area contributed by atoms with Gasteiger partial charge in [0.05, 0.1) is 16.8 Å². The summed E-state index contributed by atoms with van der Waals surface area (Å²) in [5, 5.41) is 9.87. The number of anilines is 1. The maximum absolute atomic E-state index is 14.9. The van der Waals surface area contributed by atoms with Crippen LogP contribution in [0.4, 0.5) is 36.4 Å². The fraction of sp³-hybridized carbons (Fsp3) is 0.280. The van der Waals surface area contributed by atoms with Crippen LogP contribution in [0.2, 0.25) is 0 Å². The summed E-state index contributed by atoms with van der Waals surface area (Å²) in [5.41, 5.74) is -3.81. The van der Waals surface area contributed by atoms with Crippen LogP contribution < -0.4 is 4.90 Å². The number of carbonyl (C=O) groups is 1. The molecule has 3 N–H and O–H groups in total. The summed E-state index contributed by atoms with van der Waals surface area (Å²) in [6.45, 7) is -0.299. The van der Waals surface area contributed by atoms with Crippen molar-refractivity contribution in [2.24, 2.45) is 0 Å². The topological polar surface area (TPSA) is 85.0 Å². The van der Waals surface area contributed by atoms with Gasteiger partial charge in [-0.15, -0.1) is 0 Å². The van der Waals surface area contributed by atoms with E-state index in [9.17, 15) is 40.6 Å². The van der Waals surface area contributed by atoms with Crippen molar-refractivity contribution in [3.63, 3.8) is 0 Å². The molecule has 3 heterocycles. The molecule has 1 aliphatic heterocycles. The third kappa shape index (κ3) is 4.51. The van der Waals surface area contributed by atoms with E-state index in [1.54, 1.807) is 0 Å². The second-order valence-corrected chi connectivity index (χ2v) is 9.10. The zero-order valence-electron chi connectivity index (χ0n) is 19.3. The third-order valence-electron chi connectivity index (χ3n) is 6.69. The molecule has 0 saturated carbocycles. The smallest absolute Gasteiger partial charge is 0.380 e. The summed E-state index contributed by atoms with van der Waals surface area (Å²) in [6, 6.07) is 8.30. The van der Waals surface area contributed by atoms with E-state index in [1.165, 1.54) is 35.4 Å². The Labute approximate surface area is 210 Å². The third-order valence-corrected chi connectivity index (χ3v) is 6.69. The summed E-state index contributed by atoms with van der Waals surface area (Å²) in [4.78, 5) is 24.1. The Morgan fingerprint density at radius 3 is 2.37 bits per heavy atom. The highest BCUT2D eigenvalue weighted by atomic mass is 19.4. The van der Waals surface area contributed by atoms with Crippen molar-refractivity contribution in [2.45, 2.75) is 30.8 Å². The van der Waals surface area contributed by atoms with Crippen LogP contribution in [0, 0.1) is 5.82 Å². The standard InChI is InChI=1S/C25H19F7N4O2/c26-17-10-14(36-7-5-23(38,6-8-36)25(30,31)32)11-18-20(17)35-22(34-18)19-9-13(12-33-19)21(37)15-3-1-2-4-16(15)24(27,28)29/h1-4,9-12,33,38H,5-8H2,(H,34,35). The molecule has 200 valence electrons. The minimum absolute atomic E-state index is 0.0659. The number of rotatable bonds is 4. The molecule has 13 heteroatoms. The number of alkyl halides is 6. The van der Waals surface area contributed by atoms with Gasteiger partial charge in [-0.25, -0.2) is 9.37 Å². The number of nitrogens with one attached hydrogen (secondary N) is 2. The molecule has 4 aromatic rings. The Kier molecular flexibility index (Phi) is 6.01. The van der Waals surface area contributed by atoms with Crippen molar-refractivity contribution in [3.05, 3.63) is 71.2 Å². The molecule has 1 fully saturated rings. The van der Waals surface area contributed by atoms with Gasteiger partial charge in [0.1, 0.15) is 5.52 Å². The number of ketones is 1. The number of hydrogen-bond acceptors (Lipinski definition) is 4. The van der Waals surface area contributed by atoms with Crippen LogP contribution in [-0.4, -0.2) is 50.7 Å². The van der Waals surface area contributed by atoms with Crippen molar-refractivity contribution in [1.82, 2.24) is 15.0 Å². The first-order chi connectivity index (χ1) is 17.8. The maximum Gasteiger partial charge on any atom is 0.417 e. The van der Waals surface area contributed by atoms with Crippen LogP contribution in [-0.2, 0) is 6.18 Å². The fourth-order valence-corrected chi connectivity index (χ4v) is 4.54. The molecule has 2 aromatic carbocycles. The van der Waals surface area contributed by atoms with Crippen LogP contribution in [0.5, 0.6) is 0 Å². The van der Waals surface area contributed by atoms with Crippen LogP contribution in [0.1, 0.15) is 34.3 Å². The van der Waals surface area contributed by atoms with Gasteiger partial charge in [-0.05, 0) is 24.3 Å². The van der Waals surface area contributed by atoms with Crippen LogP contribution in [0.25, 0.3) is 22.6 Å². The number of piperidine rings is 1. The van der Waals surface area contributed by atoms with Crippen molar-refractivity contribution in [3.8, 4) is 11.5 Å². The van der Waals surface area contributed by atoms with Gasteiger partial charge < -0.3 is 20.0 Å². The Balaban J connectivity index is 1.41. The number of halogens is 7. The van der Waals surface area contributed by atoms with E-state index in [-0.39, 0.29) is 41.2 Å². The van der Waals surface area contributed by atoms with E-state index < -0.39 is 53.5 Å². The minimum atomic E-state index is -4.77. The molecule has 0 atom stereocenters. The van der Waals surface area contributed by atoms with Crippen molar-refractivity contribution in [1.29, 1.82) is 0 Å². The number of hydrogen-bond donors (Lipinski definition) is 3. The van der Waals surface area contributed by atoms with E-state index in [0.717, 1.165) is 18.2 Å². The van der Waals surface area contributed by atoms with E-state index in [2.05, 4.69) is 15.0 Å². The lowest BCUT2D eigenvalue weighted by Crippen LogP contribution is -2.53. The quantitative estimate of drug-likeness (QED) is 0.224. The van der Waals surface area contributed by atoms with Gasteiger partial charge in [-0.1, -0.05) is 18.2 Å². The first kappa shape index (κ1) is 25.8. The number of fused-ring (bicyclic) bond motifs is 1. The SMILES string of the molecule is O=C(c1c[nH]c(-c2nc3c(F)cc(N4CCC(O)(C(F)(F)F)CC4)cc3[nH]2)c1)c1ccccc1C(F)(F)F. The Hall–Kier alpha value is -3.87. The number of aromatic nitrogens is 3. The second kappa shape index (κ2) is 8.86. The summed E-state index contributed by atoms with van der Waals surface area (Å²) in [5.74, 6) is -1.52. The highest BCUT2D eigenvalue weighted by Gasteiger charge is 2.54. The Morgan fingerprint density at radius 1 is 1.03 bits per heavy atom. The van der Waals surface area contributed by atoms with Gasteiger partial charge in [0.15, 0.2) is 23.0 Å². The molecule has 1 saturated heterocycles. The lowest BCUT2D eigenvalue weighted by Gasteiger charge is -2.40. The van der Waals surface area contributed by atoms with Gasteiger partial charge in [0.2, 0.25) is 0 Å². The Morgan fingerprint density at radius 2 is 1.71 bits per heavy atom. The number of nitrogens with zero attached hydrogens (tertiary/aromatic N) is 2. The van der Waals surface area contributed by atoms with Crippen LogP contribution in [0.3, 0.4) is 0 Å².